The lowest BCUT2D eigenvalue weighted by Gasteiger charge is -2.18. The molecule has 2 unspecified atom stereocenters. The summed E-state index contributed by atoms with van der Waals surface area (Å²) in [6, 6.07) is 10.6. The molecule has 0 saturated carbocycles. The minimum atomic E-state index is 0.430. The third-order valence-corrected chi connectivity index (χ3v) is 4.14. The van der Waals surface area contributed by atoms with E-state index in [0.717, 1.165) is 37.1 Å². The van der Waals surface area contributed by atoms with Crippen molar-refractivity contribution in [2.24, 2.45) is 5.92 Å². The largest absolute Gasteiger partial charge is 0.385 e. The van der Waals surface area contributed by atoms with Crippen molar-refractivity contribution in [1.29, 1.82) is 0 Å². The fourth-order valence-corrected chi connectivity index (χ4v) is 2.34. The Kier molecular flexibility index (Phi) is 7.60. The van der Waals surface area contributed by atoms with Crippen LogP contribution in [0.2, 0.25) is 0 Å². The van der Waals surface area contributed by atoms with E-state index in [0.29, 0.717) is 11.8 Å². The monoisotopic (exact) mass is 283 g/mol. The SMILES string of the molecule is C=CC(CCCNC(=C)C(=C)C(C)CC)c1ccccc1. The van der Waals surface area contributed by atoms with E-state index in [4.69, 9.17) is 0 Å². The number of rotatable bonds is 10. The van der Waals surface area contributed by atoms with E-state index in [2.05, 4.69) is 69.2 Å². The molecule has 0 saturated heterocycles. The van der Waals surface area contributed by atoms with Gasteiger partial charge in [0.05, 0.1) is 0 Å². The molecule has 2 atom stereocenters. The zero-order valence-electron chi connectivity index (χ0n) is 13.6. The summed E-state index contributed by atoms with van der Waals surface area (Å²) in [5.74, 6) is 0.925. The number of allylic oxidation sites excluding steroid dienone is 2. The van der Waals surface area contributed by atoms with Gasteiger partial charge < -0.3 is 5.32 Å². The Hall–Kier alpha value is -1.76. The highest BCUT2D eigenvalue weighted by atomic mass is 14.9. The van der Waals surface area contributed by atoms with E-state index in [1.165, 1.54) is 5.56 Å². The molecule has 1 nitrogen and oxygen atoms in total. The first-order valence-corrected chi connectivity index (χ1v) is 7.89. The Morgan fingerprint density at radius 3 is 2.48 bits per heavy atom. The molecule has 1 aromatic rings. The van der Waals surface area contributed by atoms with Crippen molar-refractivity contribution in [1.82, 2.24) is 5.32 Å². The zero-order chi connectivity index (χ0) is 15.7. The van der Waals surface area contributed by atoms with Crippen molar-refractivity contribution >= 4 is 0 Å². The van der Waals surface area contributed by atoms with Crippen molar-refractivity contribution in [2.75, 3.05) is 6.54 Å². The molecule has 0 aliphatic carbocycles. The van der Waals surface area contributed by atoms with Crippen LogP contribution >= 0.6 is 0 Å². The molecular formula is C20H29N. The second kappa shape index (κ2) is 9.23. The molecule has 0 heterocycles. The first-order valence-electron chi connectivity index (χ1n) is 7.89. The van der Waals surface area contributed by atoms with Gasteiger partial charge in [0.2, 0.25) is 0 Å². The van der Waals surface area contributed by atoms with Crippen molar-refractivity contribution < 1.29 is 0 Å². The minimum Gasteiger partial charge on any atom is -0.385 e. The highest BCUT2D eigenvalue weighted by Gasteiger charge is 2.09. The van der Waals surface area contributed by atoms with E-state index in [1.807, 2.05) is 6.08 Å². The number of benzene rings is 1. The third-order valence-electron chi connectivity index (χ3n) is 4.14. The molecule has 0 spiro atoms. The van der Waals surface area contributed by atoms with Gasteiger partial charge in [0.15, 0.2) is 0 Å². The van der Waals surface area contributed by atoms with Crippen LogP contribution in [0.4, 0.5) is 0 Å². The van der Waals surface area contributed by atoms with E-state index < -0.39 is 0 Å². The van der Waals surface area contributed by atoms with Crippen LogP contribution in [0.15, 0.2) is 67.4 Å². The van der Waals surface area contributed by atoms with Crippen molar-refractivity contribution in [2.45, 2.75) is 39.0 Å². The summed E-state index contributed by atoms with van der Waals surface area (Å²) in [5, 5.41) is 3.40. The van der Waals surface area contributed by atoms with E-state index >= 15 is 0 Å². The van der Waals surface area contributed by atoms with Crippen LogP contribution in [0, 0.1) is 5.92 Å². The average Bonchev–Trinajstić information content (AvgIpc) is 2.54. The van der Waals surface area contributed by atoms with Crippen LogP contribution in [0.25, 0.3) is 0 Å². The molecule has 21 heavy (non-hydrogen) atoms. The maximum Gasteiger partial charge on any atom is 0.0296 e. The second-order valence-electron chi connectivity index (χ2n) is 5.63. The topological polar surface area (TPSA) is 12.0 Å². The minimum absolute atomic E-state index is 0.430. The lowest BCUT2D eigenvalue weighted by molar-refractivity contribution is 0.616. The molecule has 1 heteroatoms. The normalized spacial score (nSPS) is 13.2. The van der Waals surface area contributed by atoms with E-state index in [9.17, 15) is 0 Å². The van der Waals surface area contributed by atoms with Gasteiger partial charge >= 0.3 is 0 Å². The number of nitrogens with one attached hydrogen (secondary N) is 1. The molecule has 1 rings (SSSR count). The summed E-state index contributed by atoms with van der Waals surface area (Å²) in [4.78, 5) is 0. The molecule has 1 aromatic carbocycles. The molecular weight excluding hydrogens is 254 g/mol. The Morgan fingerprint density at radius 2 is 1.90 bits per heavy atom. The van der Waals surface area contributed by atoms with Gasteiger partial charge in [-0.3, -0.25) is 0 Å². The number of hydrogen-bond donors (Lipinski definition) is 1. The summed E-state index contributed by atoms with van der Waals surface area (Å²) < 4.78 is 0. The molecule has 0 fully saturated rings. The standard InChI is InChI=1S/C20H29N/c1-6-16(3)17(4)18(5)21-15-11-14-19(7-2)20-12-9-8-10-13-20/h7-10,12-13,16,19,21H,2,4-6,11,14-15H2,1,3H3. The first-order chi connectivity index (χ1) is 10.1. The molecule has 1 N–H and O–H groups in total. The summed E-state index contributed by atoms with van der Waals surface area (Å²) >= 11 is 0. The van der Waals surface area contributed by atoms with Gasteiger partial charge in [0.25, 0.3) is 0 Å². The molecule has 0 radical (unpaired) electrons. The van der Waals surface area contributed by atoms with Gasteiger partial charge in [-0.2, -0.15) is 0 Å². The Labute approximate surface area is 130 Å². The fourth-order valence-electron chi connectivity index (χ4n) is 2.34. The third kappa shape index (κ3) is 5.63. The van der Waals surface area contributed by atoms with Gasteiger partial charge in [-0.15, -0.1) is 6.58 Å². The molecule has 0 aliphatic rings. The maximum atomic E-state index is 4.12. The quantitative estimate of drug-likeness (QED) is 0.342. The van der Waals surface area contributed by atoms with E-state index in [-0.39, 0.29) is 0 Å². The highest BCUT2D eigenvalue weighted by Crippen LogP contribution is 2.22. The zero-order valence-corrected chi connectivity index (χ0v) is 13.6. The summed E-state index contributed by atoms with van der Waals surface area (Å²) in [7, 11) is 0. The van der Waals surface area contributed by atoms with Crippen LogP contribution in [0.5, 0.6) is 0 Å². The maximum absolute atomic E-state index is 4.12. The smallest absolute Gasteiger partial charge is 0.0296 e. The summed E-state index contributed by atoms with van der Waals surface area (Å²) in [6.07, 6.45) is 5.34. The average molecular weight is 283 g/mol. The summed E-state index contributed by atoms with van der Waals surface area (Å²) in [6.45, 7) is 17.5. The summed E-state index contributed by atoms with van der Waals surface area (Å²) in [5.41, 5.74) is 3.45. The molecule has 114 valence electrons. The van der Waals surface area contributed by atoms with Crippen molar-refractivity contribution in [3.63, 3.8) is 0 Å². The van der Waals surface area contributed by atoms with Gasteiger partial charge in [-0.1, -0.05) is 63.4 Å². The Balaban J connectivity index is 2.35. The van der Waals surface area contributed by atoms with Crippen molar-refractivity contribution in [3.05, 3.63) is 73.0 Å². The van der Waals surface area contributed by atoms with Crippen LogP contribution < -0.4 is 5.32 Å². The lowest BCUT2D eigenvalue weighted by Crippen LogP contribution is -2.18. The molecule has 0 aliphatic heterocycles. The second-order valence-corrected chi connectivity index (χ2v) is 5.63. The van der Waals surface area contributed by atoms with Crippen molar-refractivity contribution in [3.8, 4) is 0 Å². The van der Waals surface area contributed by atoms with Crippen LogP contribution in [-0.4, -0.2) is 6.54 Å². The van der Waals surface area contributed by atoms with Crippen LogP contribution in [-0.2, 0) is 0 Å². The van der Waals surface area contributed by atoms with Gasteiger partial charge in [-0.05, 0) is 36.3 Å². The van der Waals surface area contributed by atoms with Crippen LogP contribution in [0.3, 0.4) is 0 Å². The Morgan fingerprint density at radius 1 is 1.24 bits per heavy atom. The first kappa shape index (κ1) is 17.3. The predicted octanol–water partition coefficient (Wildman–Crippen LogP) is 5.44. The Bertz CT molecular complexity index is 458. The predicted molar refractivity (Wildman–Crippen MR) is 94.4 cm³/mol. The molecule has 0 amide bonds. The lowest BCUT2D eigenvalue weighted by atomic mass is 9.94. The van der Waals surface area contributed by atoms with E-state index in [1.54, 1.807) is 0 Å². The highest BCUT2D eigenvalue weighted by molar-refractivity contribution is 5.25. The molecule has 0 bridgehead atoms. The van der Waals surface area contributed by atoms with Gasteiger partial charge in [0.1, 0.15) is 0 Å². The van der Waals surface area contributed by atoms with Gasteiger partial charge in [-0.25, -0.2) is 0 Å². The van der Waals surface area contributed by atoms with Crippen LogP contribution in [0.1, 0.15) is 44.6 Å². The van der Waals surface area contributed by atoms with Gasteiger partial charge in [0, 0.05) is 18.2 Å². The fraction of sp³-hybridized carbons (Fsp3) is 0.400. The molecule has 0 aromatic heterocycles. The number of hydrogen-bond acceptors (Lipinski definition) is 1.